The molecule has 0 aliphatic carbocycles. The molecule has 0 aliphatic heterocycles. The first kappa shape index (κ1) is 8.09. The van der Waals surface area contributed by atoms with Crippen molar-refractivity contribution in [2.45, 2.75) is 25.5 Å². The van der Waals surface area contributed by atoms with E-state index in [9.17, 15) is 0 Å². The van der Waals surface area contributed by atoms with Gasteiger partial charge in [0.1, 0.15) is 0 Å². The molecule has 0 aromatic heterocycles. The smallest absolute Gasteiger partial charge is 0.0195 e. The third-order valence-corrected chi connectivity index (χ3v) is 1.92. The predicted molar refractivity (Wildman–Crippen MR) is 42.4 cm³/mol. The monoisotopic (exact) mass is 130 g/mol. The lowest BCUT2D eigenvalue weighted by Crippen LogP contribution is -1.85. The number of rotatable bonds is 3. The molecule has 0 radical (unpaired) electrons. The fourth-order valence-electron chi connectivity index (χ4n) is 0.406. The molecule has 0 aliphatic rings. The largest absolute Gasteiger partial charge is 0.158 e. The second-order valence-electron chi connectivity index (χ2n) is 1.78. The van der Waals surface area contributed by atoms with Crippen molar-refractivity contribution >= 4 is 11.8 Å². The van der Waals surface area contributed by atoms with Crippen molar-refractivity contribution in [1.82, 2.24) is 0 Å². The van der Waals surface area contributed by atoms with Crippen LogP contribution in [0.4, 0.5) is 0 Å². The Morgan fingerprint density at radius 1 is 1.62 bits per heavy atom. The highest BCUT2D eigenvalue weighted by Gasteiger charge is 1.87. The van der Waals surface area contributed by atoms with Crippen molar-refractivity contribution in [2.75, 3.05) is 6.26 Å². The van der Waals surface area contributed by atoms with E-state index in [4.69, 9.17) is 0 Å². The van der Waals surface area contributed by atoms with Crippen LogP contribution < -0.4 is 0 Å². The first-order valence-corrected chi connectivity index (χ1v) is 4.29. The summed E-state index contributed by atoms with van der Waals surface area (Å²) in [6.45, 7) is 4.36. The van der Waals surface area contributed by atoms with Gasteiger partial charge in [-0.1, -0.05) is 19.1 Å². The summed E-state index contributed by atoms with van der Waals surface area (Å²) in [6.07, 6.45) is 7.74. The van der Waals surface area contributed by atoms with Gasteiger partial charge in [0.25, 0.3) is 0 Å². The Morgan fingerprint density at radius 2 is 2.25 bits per heavy atom. The Hall–Kier alpha value is 0.0900. The molecular weight excluding hydrogens is 116 g/mol. The molecule has 0 aromatic rings. The summed E-state index contributed by atoms with van der Waals surface area (Å²) in [7, 11) is 0. The van der Waals surface area contributed by atoms with Gasteiger partial charge in [0.2, 0.25) is 0 Å². The van der Waals surface area contributed by atoms with Crippen LogP contribution in [0.1, 0.15) is 20.3 Å². The third-order valence-electron chi connectivity index (χ3n) is 1.01. The standard InChI is InChI=1S/C7H14S/c1-4-5-6-7(2)8-3/h5-7H,4H2,1-3H3/b6-5-. The van der Waals surface area contributed by atoms with Crippen LogP contribution in [-0.2, 0) is 0 Å². The summed E-state index contributed by atoms with van der Waals surface area (Å²) in [5.74, 6) is 0. The average Bonchev–Trinajstić information content (AvgIpc) is 1.83. The quantitative estimate of drug-likeness (QED) is 0.529. The van der Waals surface area contributed by atoms with E-state index < -0.39 is 0 Å². The van der Waals surface area contributed by atoms with Crippen LogP contribution in [0.3, 0.4) is 0 Å². The Bertz CT molecular complexity index is 66.8. The molecule has 48 valence electrons. The third kappa shape index (κ3) is 4.25. The van der Waals surface area contributed by atoms with Gasteiger partial charge in [-0.15, -0.1) is 0 Å². The van der Waals surface area contributed by atoms with Crippen LogP contribution in [0.5, 0.6) is 0 Å². The van der Waals surface area contributed by atoms with Gasteiger partial charge in [0, 0.05) is 5.25 Å². The van der Waals surface area contributed by atoms with Crippen LogP contribution in [0.2, 0.25) is 0 Å². The van der Waals surface area contributed by atoms with Crippen LogP contribution in [0, 0.1) is 0 Å². The maximum absolute atomic E-state index is 2.24. The Kier molecular flexibility index (Phi) is 5.29. The molecule has 1 unspecified atom stereocenters. The van der Waals surface area contributed by atoms with Crippen molar-refractivity contribution in [1.29, 1.82) is 0 Å². The molecule has 0 N–H and O–H groups in total. The zero-order chi connectivity index (χ0) is 6.41. The van der Waals surface area contributed by atoms with Crippen LogP contribution in [0.15, 0.2) is 12.2 Å². The minimum absolute atomic E-state index is 0.690. The van der Waals surface area contributed by atoms with Crippen LogP contribution >= 0.6 is 11.8 Å². The van der Waals surface area contributed by atoms with E-state index in [0.717, 1.165) is 6.42 Å². The zero-order valence-electron chi connectivity index (χ0n) is 5.85. The summed E-state index contributed by atoms with van der Waals surface area (Å²) in [4.78, 5) is 0. The fourth-order valence-corrected chi connectivity index (χ4v) is 0.675. The topological polar surface area (TPSA) is 0 Å². The van der Waals surface area contributed by atoms with E-state index in [-0.39, 0.29) is 0 Å². The van der Waals surface area contributed by atoms with Crippen LogP contribution in [0.25, 0.3) is 0 Å². The number of allylic oxidation sites excluding steroid dienone is 1. The molecular formula is C7H14S. The van der Waals surface area contributed by atoms with Gasteiger partial charge >= 0.3 is 0 Å². The Balaban J connectivity index is 3.21. The van der Waals surface area contributed by atoms with E-state index in [0.29, 0.717) is 5.25 Å². The molecule has 0 heterocycles. The summed E-state index contributed by atoms with van der Waals surface area (Å²) in [5, 5.41) is 0.690. The molecule has 0 aromatic carbocycles. The van der Waals surface area contributed by atoms with Gasteiger partial charge in [-0.3, -0.25) is 0 Å². The fraction of sp³-hybridized carbons (Fsp3) is 0.714. The highest BCUT2D eigenvalue weighted by atomic mass is 32.2. The van der Waals surface area contributed by atoms with E-state index >= 15 is 0 Å². The molecule has 0 spiro atoms. The lowest BCUT2D eigenvalue weighted by Gasteiger charge is -1.96. The molecule has 0 saturated carbocycles. The normalized spacial score (nSPS) is 14.9. The molecule has 0 nitrogen and oxygen atoms in total. The summed E-state index contributed by atoms with van der Waals surface area (Å²) in [6, 6.07) is 0. The lowest BCUT2D eigenvalue weighted by molar-refractivity contribution is 1.17. The summed E-state index contributed by atoms with van der Waals surface area (Å²) < 4.78 is 0. The summed E-state index contributed by atoms with van der Waals surface area (Å²) in [5.41, 5.74) is 0. The van der Waals surface area contributed by atoms with Crippen molar-refractivity contribution < 1.29 is 0 Å². The van der Waals surface area contributed by atoms with Crippen molar-refractivity contribution in [3.05, 3.63) is 12.2 Å². The molecule has 8 heavy (non-hydrogen) atoms. The second kappa shape index (κ2) is 5.23. The molecule has 0 rings (SSSR count). The van der Waals surface area contributed by atoms with E-state index in [1.807, 2.05) is 11.8 Å². The minimum Gasteiger partial charge on any atom is -0.158 e. The second-order valence-corrected chi connectivity index (χ2v) is 2.99. The first-order chi connectivity index (χ1) is 3.81. The van der Waals surface area contributed by atoms with E-state index in [1.165, 1.54) is 0 Å². The van der Waals surface area contributed by atoms with Gasteiger partial charge in [-0.05, 0) is 19.6 Å². The Morgan fingerprint density at radius 3 is 2.62 bits per heavy atom. The van der Waals surface area contributed by atoms with Gasteiger partial charge in [-0.25, -0.2) is 0 Å². The molecule has 1 heteroatoms. The lowest BCUT2D eigenvalue weighted by atomic mass is 10.3. The predicted octanol–water partition coefficient (Wildman–Crippen LogP) is 2.70. The van der Waals surface area contributed by atoms with Crippen molar-refractivity contribution in [3.8, 4) is 0 Å². The first-order valence-electron chi connectivity index (χ1n) is 3.00. The number of thioether (sulfide) groups is 1. The molecule has 1 atom stereocenters. The maximum Gasteiger partial charge on any atom is 0.0195 e. The van der Waals surface area contributed by atoms with E-state index in [2.05, 4.69) is 32.3 Å². The Labute approximate surface area is 56.4 Å². The molecule has 0 bridgehead atoms. The van der Waals surface area contributed by atoms with Gasteiger partial charge in [0.05, 0.1) is 0 Å². The zero-order valence-corrected chi connectivity index (χ0v) is 6.66. The van der Waals surface area contributed by atoms with Gasteiger partial charge in [-0.2, -0.15) is 11.8 Å². The van der Waals surface area contributed by atoms with Gasteiger partial charge < -0.3 is 0 Å². The molecule has 0 saturated heterocycles. The average molecular weight is 130 g/mol. The number of hydrogen-bond donors (Lipinski definition) is 0. The maximum atomic E-state index is 2.24. The van der Waals surface area contributed by atoms with Crippen molar-refractivity contribution in [3.63, 3.8) is 0 Å². The van der Waals surface area contributed by atoms with Crippen molar-refractivity contribution in [2.24, 2.45) is 0 Å². The summed E-state index contributed by atoms with van der Waals surface area (Å²) >= 11 is 1.88. The SMILES string of the molecule is CC/C=C\C(C)SC. The highest BCUT2D eigenvalue weighted by Crippen LogP contribution is 2.05. The molecule has 0 fully saturated rings. The van der Waals surface area contributed by atoms with Crippen LogP contribution in [-0.4, -0.2) is 11.5 Å². The molecule has 0 amide bonds. The highest BCUT2D eigenvalue weighted by molar-refractivity contribution is 7.99. The number of hydrogen-bond acceptors (Lipinski definition) is 1. The van der Waals surface area contributed by atoms with E-state index in [1.54, 1.807) is 0 Å². The van der Waals surface area contributed by atoms with Gasteiger partial charge in [0.15, 0.2) is 0 Å². The minimum atomic E-state index is 0.690.